The number of alkyl halides is 3. The van der Waals surface area contributed by atoms with Crippen molar-refractivity contribution in [3.05, 3.63) is 29.3 Å². The molecule has 0 radical (unpaired) electrons. The predicted octanol–water partition coefficient (Wildman–Crippen LogP) is 2.15. The van der Waals surface area contributed by atoms with Crippen LogP contribution < -0.4 is 10.5 Å². The largest absolute Gasteiger partial charge is 0.492 e. The summed E-state index contributed by atoms with van der Waals surface area (Å²) < 4.78 is 44.0. The molecule has 6 heteroatoms. The number of likely N-dealkylation sites (N-methyl/N-ethyl adjacent to an activating group) is 1. The molecule has 0 unspecified atom stereocenters. The van der Waals surface area contributed by atoms with Gasteiger partial charge in [0, 0.05) is 6.54 Å². The van der Waals surface area contributed by atoms with E-state index in [2.05, 4.69) is 0 Å². The van der Waals surface area contributed by atoms with Gasteiger partial charge in [0.15, 0.2) is 0 Å². The topological polar surface area (TPSA) is 38.5 Å². The summed E-state index contributed by atoms with van der Waals surface area (Å²) >= 11 is 0. The molecule has 0 aliphatic rings. The minimum absolute atomic E-state index is 0.130. The number of hydrogen-bond acceptors (Lipinski definition) is 3. The molecule has 1 rings (SSSR count). The lowest BCUT2D eigenvalue weighted by Crippen LogP contribution is -2.20. The fraction of sp³-hybridized carbons (Fsp3) is 0.538. The SMILES string of the molecule is CN(C)CCOc1ccc(CCN)cc1C(F)(F)F. The first-order valence-corrected chi connectivity index (χ1v) is 6.02. The number of ether oxygens (including phenoxy) is 1. The summed E-state index contributed by atoms with van der Waals surface area (Å²) in [6, 6.07) is 4.09. The summed E-state index contributed by atoms with van der Waals surface area (Å²) in [7, 11) is 3.66. The molecule has 3 nitrogen and oxygen atoms in total. The Bertz CT molecular complexity index is 405. The third-order valence-corrected chi connectivity index (χ3v) is 2.58. The Morgan fingerprint density at radius 3 is 2.47 bits per heavy atom. The predicted molar refractivity (Wildman–Crippen MR) is 68.3 cm³/mol. The van der Waals surface area contributed by atoms with E-state index < -0.39 is 11.7 Å². The third-order valence-electron chi connectivity index (χ3n) is 2.58. The second kappa shape index (κ2) is 6.77. The van der Waals surface area contributed by atoms with E-state index in [9.17, 15) is 13.2 Å². The molecule has 0 amide bonds. The molecule has 0 atom stereocenters. The molecule has 0 aliphatic carbocycles. The zero-order chi connectivity index (χ0) is 14.5. The van der Waals surface area contributed by atoms with Gasteiger partial charge in [-0.05, 0) is 44.8 Å². The van der Waals surface area contributed by atoms with Crippen LogP contribution in [0.4, 0.5) is 13.2 Å². The first-order valence-electron chi connectivity index (χ1n) is 6.02. The van der Waals surface area contributed by atoms with Gasteiger partial charge in [-0.2, -0.15) is 13.2 Å². The second-order valence-corrected chi connectivity index (χ2v) is 4.52. The van der Waals surface area contributed by atoms with E-state index in [4.69, 9.17) is 10.5 Å². The summed E-state index contributed by atoms with van der Waals surface area (Å²) in [5.74, 6) is -0.130. The number of rotatable bonds is 6. The molecule has 1 aromatic rings. The van der Waals surface area contributed by atoms with Gasteiger partial charge in [0.05, 0.1) is 5.56 Å². The van der Waals surface area contributed by atoms with Crippen LogP contribution in [0.15, 0.2) is 18.2 Å². The second-order valence-electron chi connectivity index (χ2n) is 4.52. The van der Waals surface area contributed by atoms with Gasteiger partial charge in [0.2, 0.25) is 0 Å². The van der Waals surface area contributed by atoms with Crippen molar-refractivity contribution in [1.82, 2.24) is 4.90 Å². The quantitative estimate of drug-likeness (QED) is 0.865. The molecular weight excluding hydrogens is 257 g/mol. The van der Waals surface area contributed by atoms with E-state index in [0.29, 0.717) is 25.1 Å². The zero-order valence-electron chi connectivity index (χ0n) is 11.1. The molecule has 0 heterocycles. The maximum atomic E-state index is 12.9. The highest BCUT2D eigenvalue weighted by Crippen LogP contribution is 2.36. The average molecular weight is 276 g/mol. The van der Waals surface area contributed by atoms with E-state index in [1.54, 1.807) is 6.07 Å². The molecule has 0 saturated heterocycles. The maximum Gasteiger partial charge on any atom is 0.419 e. The molecule has 1 aromatic carbocycles. The van der Waals surface area contributed by atoms with E-state index >= 15 is 0 Å². The Morgan fingerprint density at radius 2 is 1.95 bits per heavy atom. The Balaban J connectivity index is 2.90. The molecule has 0 bridgehead atoms. The minimum atomic E-state index is -4.42. The van der Waals surface area contributed by atoms with E-state index in [1.807, 2.05) is 19.0 Å². The Kier molecular flexibility index (Phi) is 5.62. The number of halogens is 3. The van der Waals surface area contributed by atoms with Gasteiger partial charge >= 0.3 is 6.18 Å². The van der Waals surface area contributed by atoms with E-state index in [1.165, 1.54) is 6.07 Å². The Hall–Kier alpha value is -1.27. The maximum absolute atomic E-state index is 12.9. The van der Waals surface area contributed by atoms with Gasteiger partial charge in [-0.1, -0.05) is 6.07 Å². The molecule has 0 fully saturated rings. The van der Waals surface area contributed by atoms with Crippen LogP contribution in [0.3, 0.4) is 0 Å². The van der Waals surface area contributed by atoms with Crippen molar-refractivity contribution in [3.8, 4) is 5.75 Å². The van der Waals surface area contributed by atoms with Gasteiger partial charge in [-0.25, -0.2) is 0 Å². The molecule has 108 valence electrons. The normalized spacial score (nSPS) is 11.9. The van der Waals surface area contributed by atoms with Crippen molar-refractivity contribution in [3.63, 3.8) is 0 Å². The summed E-state index contributed by atoms with van der Waals surface area (Å²) in [6.45, 7) is 1.09. The molecule has 2 N–H and O–H groups in total. The van der Waals surface area contributed by atoms with Crippen LogP contribution in [-0.4, -0.2) is 38.7 Å². The van der Waals surface area contributed by atoms with Crippen molar-refractivity contribution in [2.75, 3.05) is 33.8 Å². The first-order chi connectivity index (χ1) is 8.84. The van der Waals surface area contributed by atoms with Gasteiger partial charge in [0.25, 0.3) is 0 Å². The van der Waals surface area contributed by atoms with Crippen molar-refractivity contribution < 1.29 is 17.9 Å². The molecule has 0 aliphatic heterocycles. The summed E-state index contributed by atoms with van der Waals surface area (Å²) in [4.78, 5) is 1.84. The Morgan fingerprint density at radius 1 is 1.26 bits per heavy atom. The lowest BCUT2D eigenvalue weighted by Gasteiger charge is -2.16. The molecular formula is C13H19F3N2O. The van der Waals surface area contributed by atoms with Gasteiger partial charge in [-0.15, -0.1) is 0 Å². The van der Waals surface area contributed by atoms with Gasteiger partial charge in [-0.3, -0.25) is 0 Å². The van der Waals surface area contributed by atoms with Crippen molar-refractivity contribution in [2.24, 2.45) is 5.73 Å². The first kappa shape index (κ1) is 15.8. The summed E-state index contributed by atoms with van der Waals surface area (Å²) in [5.41, 5.74) is 5.18. The summed E-state index contributed by atoms with van der Waals surface area (Å²) in [5, 5.41) is 0. The number of nitrogens with two attached hydrogens (primary N) is 1. The van der Waals surface area contributed by atoms with Crippen molar-refractivity contribution in [2.45, 2.75) is 12.6 Å². The van der Waals surface area contributed by atoms with E-state index in [0.717, 1.165) is 6.07 Å². The number of benzene rings is 1. The highest BCUT2D eigenvalue weighted by Gasteiger charge is 2.34. The monoisotopic (exact) mass is 276 g/mol. The van der Waals surface area contributed by atoms with Gasteiger partial charge in [0.1, 0.15) is 12.4 Å². The zero-order valence-corrected chi connectivity index (χ0v) is 11.1. The molecule has 0 saturated carbocycles. The lowest BCUT2D eigenvalue weighted by atomic mass is 10.1. The number of nitrogens with zero attached hydrogens (tertiary/aromatic N) is 1. The van der Waals surface area contributed by atoms with Crippen LogP contribution in [0.25, 0.3) is 0 Å². The Labute approximate surface area is 111 Å². The number of hydrogen-bond donors (Lipinski definition) is 1. The average Bonchev–Trinajstić information content (AvgIpc) is 2.29. The van der Waals surface area contributed by atoms with Gasteiger partial charge < -0.3 is 15.4 Å². The summed E-state index contributed by atoms with van der Waals surface area (Å²) in [6.07, 6.45) is -4.00. The lowest BCUT2D eigenvalue weighted by molar-refractivity contribution is -0.139. The molecule has 19 heavy (non-hydrogen) atoms. The van der Waals surface area contributed by atoms with Crippen LogP contribution in [0.1, 0.15) is 11.1 Å². The van der Waals surface area contributed by atoms with Crippen LogP contribution in [0.2, 0.25) is 0 Å². The van der Waals surface area contributed by atoms with E-state index in [-0.39, 0.29) is 12.4 Å². The third kappa shape index (κ3) is 5.08. The van der Waals surface area contributed by atoms with Crippen LogP contribution in [-0.2, 0) is 12.6 Å². The van der Waals surface area contributed by atoms with Crippen LogP contribution in [0.5, 0.6) is 5.75 Å². The van der Waals surface area contributed by atoms with Crippen LogP contribution in [0, 0.1) is 0 Å². The minimum Gasteiger partial charge on any atom is -0.492 e. The molecule has 0 spiro atoms. The fourth-order valence-electron chi connectivity index (χ4n) is 1.58. The standard InChI is InChI=1S/C13H19F3N2O/c1-18(2)7-8-19-12-4-3-10(5-6-17)9-11(12)13(14,15)16/h3-4,9H,5-8,17H2,1-2H3. The highest BCUT2D eigenvalue weighted by atomic mass is 19.4. The highest BCUT2D eigenvalue weighted by molar-refractivity contribution is 5.39. The molecule has 0 aromatic heterocycles. The van der Waals surface area contributed by atoms with Crippen molar-refractivity contribution in [1.29, 1.82) is 0 Å². The smallest absolute Gasteiger partial charge is 0.419 e. The fourth-order valence-corrected chi connectivity index (χ4v) is 1.58. The van der Waals surface area contributed by atoms with Crippen LogP contribution >= 0.6 is 0 Å². The van der Waals surface area contributed by atoms with Crippen molar-refractivity contribution >= 4 is 0 Å².